The summed E-state index contributed by atoms with van der Waals surface area (Å²) < 4.78 is 10.8. The first-order valence-electron chi connectivity index (χ1n) is 8.73. The van der Waals surface area contributed by atoms with Crippen molar-refractivity contribution in [3.63, 3.8) is 0 Å². The standard InChI is InChI=1S/C20H24N2O4/c1-25-17-6-5-15(12-18(17)26-2)19(16-4-3-9-21-13-16)14-7-10-22(11-8-14)20(23)24/h3-6,9,12-14,19H,7-8,10-11H2,1-2H3,(H,23,24)/t19-/m0/s1. The minimum Gasteiger partial charge on any atom is -0.493 e. The summed E-state index contributed by atoms with van der Waals surface area (Å²) in [5.41, 5.74) is 2.26. The molecule has 0 aliphatic carbocycles. The summed E-state index contributed by atoms with van der Waals surface area (Å²) in [6.07, 6.45) is 4.46. The molecule has 1 N–H and O–H groups in total. The van der Waals surface area contributed by atoms with Gasteiger partial charge in [0, 0.05) is 31.4 Å². The molecule has 6 nitrogen and oxygen atoms in total. The number of carbonyl (C=O) groups is 1. The van der Waals surface area contributed by atoms with Gasteiger partial charge in [-0.15, -0.1) is 0 Å². The van der Waals surface area contributed by atoms with Gasteiger partial charge in [0.25, 0.3) is 0 Å². The van der Waals surface area contributed by atoms with Crippen molar-refractivity contribution < 1.29 is 19.4 Å². The molecule has 1 saturated heterocycles. The zero-order valence-electron chi connectivity index (χ0n) is 15.1. The van der Waals surface area contributed by atoms with Gasteiger partial charge < -0.3 is 19.5 Å². The Balaban J connectivity index is 1.94. The first-order valence-corrected chi connectivity index (χ1v) is 8.73. The van der Waals surface area contributed by atoms with Crippen molar-refractivity contribution in [2.45, 2.75) is 18.8 Å². The maximum absolute atomic E-state index is 11.2. The molecule has 3 rings (SSSR count). The van der Waals surface area contributed by atoms with Crippen LogP contribution in [0.3, 0.4) is 0 Å². The number of hydrogen-bond donors (Lipinski definition) is 1. The van der Waals surface area contributed by atoms with Gasteiger partial charge in [0.2, 0.25) is 0 Å². The van der Waals surface area contributed by atoms with Crippen molar-refractivity contribution in [2.24, 2.45) is 5.92 Å². The number of amides is 1. The molecular formula is C20H24N2O4. The predicted molar refractivity (Wildman–Crippen MR) is 97.9 cm³/mol. The lowest BCUT2D eigenvalue weighted by Gasteiger charge is -2.35. The number of nitrogens with zero attached hydrogens (tertiary/aromatic N) is 2. The molecule has 138 valence electrons. The van der Waals surface area contributed by atoms with Crippen LogP contribution in [-0.4, -0.2) is 48.4 Å². The van der Waals surface area contributed by atoms with Crippen LogP contribution in [0.4, 0.5) is 4.79 Å². The van der Waals surface area contributed by atoms with E-state index in [0.717, 1.165) is 24.0 Å². The van der Waals surface area contributed by atoms with Crippen molar-refractivity contribution in [1.29, 1.82) is 0 Å². The van der Waals surface area contributed by atoms with Crippen LogP contribution in [0, 0.1) is 5.92 Å². The van der Waals surface area contributed by atoms with E-state index in [0.29, 0.717) is 30.5 Å². The number of hydrogen-bond acceptors (Lipinski definition) is 4. The van der Waals surface area contributed by atoms with Crippen LogP contribution in [0.25, 0.3) is 0 Å². The number of rotatable bonds is 5. The Labute approximate surface area is 153 Å². The summed E-state index contributed by atoms with van der Waals surface area (Å²) >= 11 is 0. The van der Waals surface area contributed by atoms with E-state index in [4.69, 9.17) is 9.47 Å². The molecule has 1 aromatic carbocycles. The highest BCUT2D eigenvalue weighted by molar-refractivity contribution is 5.65. The summed E-state index contributed by atoms with van der Waals surface area (Å²) in [7, 11) is 3.25. The Morgan fingerprint density at radius 1 is 1.15 bits per heavy atom. The molecule has 0 saturated carbocycles. The zero-order valence-corrected chi connectivity index (χ0v) is 15.1. The lowest BCUT2D eigenvalue weighted by molar-refractivity contribution is 0.122. The molecule has 1 aliphatic heterocycles. The summed E-state index contributed by atoms with van der Waals surface area (Å²) in [6, 6.07) is 10.0. The molecular weight excluding hydrogens is 332 g/mol. The third-order valence-electron chi connectivity index (χ3n) is 5.09. The second-order valence-electron chi connectivity index (χ2n) is 6.49. The number of carboxylic acid groups (broad SMARTS) is 1. The Bertz CT molecular complexity index is 743. The molecule has 0 spiro atoms. The smallest absolute Gasteiger partial charge is 0.407 e. The second-order valence-corrected chi connectivity index (χ2v) is 6.49. The molecule has 0 radical (unpaired) electrons. The molecule has 1 amide bonds. The number of likely N-dealkylation sites (tertiary alicyclic amines) is 1. The fraction of sp³-hybridized carbons (Fsp3) is 0.400. The lowest BCUT2D eigenvalue weighted by Crippen LogP contribution is -2.39. The minimum absolute atomic E-state index is 0.138. The largest absolute Gasteiger partial charge is 0.493 e. The van der Waals surface area contributed by atoms with Gasteiger partial charge in [-0.25, -0.2) is 4.79 Å². The van der Waals surface area contributed by atoms with Gasteiger partial charge in [0.15, 0.2) is 11.5 Å². The minimum atomic E-state index is -0.840. The van der Waals surface area contributed by atoms with Crippen molar-refractivity contribution >= 4 is 6.09 Å². The van der Waals surface area contributed by atoms with Crippen LogP contribution in [0.2, 0.25) is 0 Å². The Kier molecular flexibility index (Phi) is 5.61. The third kappa shape index (κ3) is 3.74. The van der Waals surface area contributed by atoms with Crippen molar-refractivity contribution in [1.82, 2.24) is 9.88 Å². The highest BCUT2D eigenvalue weighted by Gasteiger charge is 2.31. The maximum atomic E-state index is 11.2. The third-order valence-corrected chi connectivity index (χ3v) is 5.09. The number of aromatic nitrogens is 1. The first-order chi connectivity index (χ1) is 12.6. The monoisotopic (exact) mass is 356 g/mol. The van der Waals surface area contributed by atoms with E-state index in [2.05, 4.69) is 17.1 Å². The summed E-state index contributed by atoms with van der Waals surface area (Å²) in [4.78, 5) is 17.0. The van der Waals surface area contributed by atoms with Crippen LogP contribution in [-0.2, 0) is 0 Å². The number of ether oxygens (including phenoxy) is 2. The normalized spacial score (nSPS) is 16.2. The van der Waals surface area contributed by atoms with Crippen molar-refractivity contribution in [2.75, 3.05) is 27.3 Å². The van der Waals surface area contributed by atoms with E-state index in [9.17, 15) is 9.90 Å². The van der Waals surface area contributed by atoms with E-state index in [1.807, 2.05) is 24.4 Å². The molecule has 6 heteroatoms. The lowest BCUT2D eigenvalue weighted by atomic mass is 9.76. The first kappa shape index (κ1) is 18.0. The van der Waals surface area contributed by atoms with Crippen LogP contribution in [0.1, 0.15) is 29.9 Å². The van der Waals surface area contributed by atoms with E-state index < -0.39 is 6.09 Å². The van der Waals surface area contributed by atoms with Gasteiger partial charge >= 0.3 is 6.09 Å². The van der Waals surface area contributed by atoms with Crippen LogP contribution in [0.5, 0.6) is 11.5 Å². The topological polar surface area (TPSA) is 71.9 Å². The van der Waals surface area contributed by atoms with Gasteiger partial charge in [-0.1, -0.05) is 12.1 Å². The maximum Gasteiger partial charge on any atom is 0.407 e. The Hall–Kier alpha value is -2.76. The van der Waals surface area contributed by atoms with Crippen molar-refractivity contribution in [3.8, 4) is 11.5 Å². The van der Waals surface area contributed by atoms with E-state index in [-0.39, 0.29) is 5.92 Å². The number of piperidine rings is 1. The molecule has 1 fully saturated rings. The summed E-state index contributed by atoms with van der Waals surface area (Å²) in [6.45, 7) is 1.12. The molecule has 1 aliphatic rings. The number of pyridine rings is 1. The summed E-state index contributed by atoms with van der Waals surface area (Å²) in [5.74, 6) is 1.87. The van der Waals surface area contributed by atoms with Gasteiger partial charge in [-0.05, 0) is 48.1 Å². The molecule has 0 bridgehead atoms. The van der Waals surface area contributed by atoms with Gasteiger partial charge in [-0.3, -0.25) is 4.98 Å². The van der Waals surface area contributed by atoms with Gasteiger partial charge in [-0.2, -0.15) is 0 Å². The fourth-order valence-corrected chi connectivity index (χ4v) is 3.77. The molecule has 0 unspecified atom stereocenters. The Morgan fingerprint density at radius 3 is 2.46 bits per heavy atom. The van der Waals surface area contributed by atoms with E-state index >= 15 is 0 Å². The SMILES string of the molecule is COc1ccc([C@@H](c2cccnc2)C2CCN(C(=O)O)CC2)cc1OC. The Morgan fingerprint density at radius 2 is 1.88 bits per heavy atom. The molecule has 2 aromatic rings. The average molecular weight is 356 g/mol. The van der Waals surface area contributed by atoms with Crippen molar-refractivity contribution in [3.05, 3.63) is 53.9 Å². The van der Waals surface area contributed by atoms with Gasteiger partial charge in [0.05, 0.1) is 14.2 Å². The fourth-order valence-electron chi connectivity index (χ4n) is 3.77. The quantitative estimate of drug-likeness (QED) is 0.886. The summed E-state index contributed by atoms with van der Waals surface area (Å²) in [5, 5.41) is 9.21. The molecule has 1 atom stereocenters. The van der Waals surface area contributed by atoms with Gasteiger partial charge in [0.1, 0.15) is 0 Å². The van der Waals surface area contributed by atoms with Crippen LogP contribution >= 0.6 is 0 Å². The number of benzene rings is 1. The van der Waals surface area contributed by atoms with E-state index in [1.54, 1.807) is 20.4 Å². The molecule has 2 heterocycles. The molecule has 26 heavy (non-hydrogen) atoms. The number of methoxy groups -OCH3 is 2. The molecule has 1 aromatic heterocycles. The average Bonchev–Trinajstić information content (AvgIpc) is 2.69. The highest BCUT2D eigenvalue weighted by atomic mass is 16.5. The second kappa shape index (κ2) is 8.08. The zero-order chi connectivity index (χ0) is 18.5. The van der Waals surface area contributed by atoms with Crippen LogP contribution < -0.4 is 9.47 Å². The highest BCUT2D eigenvalue weighted by Crippen LogP contribution is 2.40. The van der Waals surface area contributed by atoms with E-state index in [1.165, 1.54) is 4.90 Å². The predicted octanol–water partition coefficient (Wildman–Crippen LogP) is 3.62. The van der Waals surface area contributed by atoms with Crippen LogP contribution in [0.15, 0.2) is 42.7 Å².